The molecule has 0 saturated carbocycles. The predicted octanol–water partition coefficient (Wildman–Crippen LogP) is 1.62. The standard InChI is InChI=1S/C14H18N2O4S/c1-9-10-3-7-21-11(10)2-5-16(9)13(19)15-14(12(17)18)4-6-20-8-14/h3,7,9H,2,4-6,8H2,1H3,(H,15,19)(H,17,18). The first kappa shape index (κ1) is 14.3. The monoisotopic (exact) mass is 310 g/mol. The van der Waals surface area contributed by atoms with Crippen LogP contribution in [0, 0.1) is 0 Å². The minimum atomic E-state index is -1.29. The molecule has 2 unspecified atom stereocenters. The van der Waals surface area contributed by atoms with Crippen LogP contribution in [0.1, 0.15) is 29.8 Å². The van der Waals surface area contributed by atoms with Gasteiger partial charge >= 0.3 is 12.0 Å². The molecule has 0 aromatic carbocycles. The van der Waals surface area contributed by atoms with Crippen molar-refractivity contribution in [3.8, 4) is 0 Å². The Balaban J connectivity index is 1.76. The lowest BCUT2D eigenvalue weighted by Gasteiger charge is -2.36. The summed E-state index contributed by atoms with van der Waals surface area (Å²) in [5, 5.41) is 14.1. The van der Waals surface area contributed by atoms with Crippen LogP contribution in [0.3, 0.4) is 0 Å². The third-order valence-corrected chi connectivity index (χ3v) is 5.31. The average molecular weight is 310 g/mol. The van der Waals surface area contributed by atoms with Gasteiger partial charge in [0.25, 0.3) is 0 Å². The van der Waals surface area contributed by atoms with Crippen LogP contribution < -0.4 is 5.32 Å². The summed E-state index contributed by atoms with van der Waals surface area (Å²) in [6.45, 7) is 2.97. The van der Waals surface area contributed by atoms with Crippen LogP contribution in [0.2, 0.25) is 0 Å². The summed E-state index contributed by atoms with van der Waals surface area (Å²) in [6, 6.07) is 1.68. The molecule has 6 nitrogen and oxygen atoms in total. The van der Waals surface area contributed by atoms with Crippen LogP contribution in [0.25, 0.3) is 0 Å². The summed E-state index contributed by atoms with van der Waals surface area (Å²) in [6.07, 6.45) is 1.13. The highest BCUT2D eigenvalue weighted by atomic mass is 32.1. The molecule has 2 N–H and O–H groups in total. The number of rotatable bonds is 2. The van der Waals surface area contributed by atoms with Gasteiger partial charge in [0, 0.05) is 24.4 Å². The fraction of sp³-hybridized carbons (Fsp3) is 0.571. The van der Waals surface area contributed by atoms with Gasteiger partial charge in [-0.15, -0.1) is 11.3 Å². The lowest BCUT2D eigenvalue weighted by molar-refractivity contribution is -0.144. The molecule has 0 radical (unpaired) electrons. The number of carboxylic acids is 1. The second kappa shape index (κ2) is 5.31. The molecule has 7 heteroatoms. The lowest BCUT2D eigenvalue weighted by Crippen LogP contribution is -2.59. The van der Waals surface area contributed by atoms with Crippen molar-refractivity contribution in [2.45, 2.75) is 31.3 Å². The number of hydrogen-bond acceptors (Lipinski definition) is 4. The van der Waals surface area contributed by atoms with E-state index in [-0.39, 0.29) is 18.7 Å². The highest BCUT2D eigenvalue weighted by Crippen LogP contribution is 2.33. The van der Waals surface area contributed by atoms with Crippen molar-refractivity contribution < 1.29 is 19.4 Å². The fourth-order valence-electron chi connectivity index (χ4n) is 2.95. The topological polar surface area (TPSA) is 78.9 Å². The van der Waals surface area contributed by atoms with E-state index in [2.05, 4.69) is 5.32 Å². The Morgan fingerprint density at radius 3 is 3.05 bits per heavy atom. The summed E-state index contributed by atoms with van der Waals surface area (Å²) >= 11 is 1.71. The second-order valence-corrected chi connectivity index (χ2v) is 6.54. The van der Waals surface area contributed by atoms with Gasteiger partial charge in [-0.2, -0.15) is 0 Å². The number of nitrogens with one attached hydrogen (secondary N) is 1. The molecule has 0 spiro atoms. The van der Waals surface area contributed by atoms with E-state index in [0.29, 0.717) is 19.6 Å². The van der Waals surface area contributed by atoms with Gasteiger partial charge < -0.3 is 20.1 Å². The van der Waals surface area contributed by atoms with Crippen molar-refractivity contribution in [3.05, 3.63) is 21.9 Å². The van der Waals surface area contributed by atoms with E-state index in [0.717, 1.165) is 12.0 Å². The van der Waals surface area contributed by atoms with Crippen LogP contribution in [-0.4, -0.2) is 47.3 Å². The molecular weight excluding hydrogens is 292 g/mol. The van der Waals surface area contributed by atoms with Crippen LogP contribution in [0.4, 0.5) is 4.79 Å². The van der Waals surface area contributed by atoms with Crippen molar-refractivity contribution in [2.24, 2.45) is 0 Å². The number of nitrogens with zero attached hydrogens (tertiary/aromatic N) is 1. The molecular formula is C14H18N2O4S. The molecule has 1 aromatic rings. The van der Waals surface area contributed by atoms with Gasteiger partial charge in [-0.05, 0) is 30.4 Å². The van der Waals surface area contributed by atoms with Crippen molar-refractivity contribution >= 4 is 23.3 Å². The molecule has 2 amide bonds. The molecule has 114 valence electrons. The van der Waals surface area contributed by atoms with Crippen molar-refractivity contribution in [1.29, 1.82) is 0 Å². The first-order chi connectivity index (χ1) is 10.0. The molecule has 1 saturated heterocycles. The summed E-state index contributed by atoms with van der Waals surface area (Å²) in [5.41, 5.74) is -0.125. The number of ether oxygens (including phenoxy) is 1. The largest absolute Gasteiger partial charge is 0.479 e. The summed E-state index contributed by atoms with van der Waals surface area (Å²) < 4.78 is 5.17. The molecule has 2 aliphatic rings. The molecule has 3 heterocycles. The molecule has 1 aromatic heterocycles. The number of carboxylic acid groups (broad SMARTS) is 1. The Morgan fingerprint density at radius 2 is 2.38 bits per heavy atom. The van der Waals surface area contributed by atoms with E-state index in [4.69, 9.17) is 4.74 Å². The van der Waals surface area contributed by atoms with Gasteiger partial charge in [0.2, 0.25) is 0 Å². The number of fused-ring (bicyclic) bond motifs is 1. The number of thiophene rings is 1. The maximum atomic E-state index is 12.5. The Hall–Kier alpha value is -1.60. The van der Waals surface area contributed by atoms with Gasteiger partial charge in [0.15, 0.2) is 5.54 Å². The molecule has 21 heavy (non-hydrogen) atoms. The summed E-state index contributed by atoms with van der Waals surface area (Å²) in [5.74, 6) is -1.03. The molecule has 3 rings (SSSR count). The highest BCUT2D eigenvalue weighted by Gasteiger charge is 2.45. The number of carbonyl (C=O) groups excluding carboxylic acids is 1. The van der Waals surface area contributed by atoms with Gasteiger partial charge in [-0.3, -0.25) is 0 Å². The quantitative estimate of drug-likeness (QED) is 0.870. The van der Waals surface area contributed by atoms with Crippen molar-refractivity contribution in [1.82, 2.24) is 10.2 Å². The zero-order valence-electron chi connectivity index (χ0n) is 11.8. The predicted molar refractivity (Wildman–Crippen MR) is 77.5 cm³/mol. The second-order valence-electron chi connectivity index (χ2n) is 5.54. The Labute approximate surface area is 126 Å². The SMILES string of the molecule is CC1c2ccsc2CCN1C(=O)NC1(C(=O)O)CCOC1. The molecule has 2 aliphatic heterocycles. The summed E-state index contributed by atoms with van der Waals surface area (Å²) in [4.78, 5) is 27.0. The molecule has 2 atom stereocenters. The minimum Gasteiger partial charge on any atom is -0.479 e. The van der Waals surface area contributed by atoms with Crippen LogP contribution in [-0.2, 0) is 16.0 Å². The van der Waals surface area contributed by atoms with E-state index in [9.17, 15) is 14.7 Å². The van der Waals surface area contributed by atoms with Crippen molar-refractivity contribution in [2.75, 3.05) is 19.8 Å². The highest BCUT2D eigenvalue weighted by molar-refractivity contribution is 7.10. The fourth-order valence-corrected chi connectivity index (χ4v) is 3.91. The van der Waals surface area contributed by atoms with Gasteiger partial charge in [-0.1, -0.05) is 0 Å². The zero-order chi connectivity index (χ0) is 15.0. The van der Waals surface area contributed by atoms with Crippen molar-refractivity contribution in [3.63, 3.8) is 0 Å². The Kier molecular flexibility index (Phi) is 3.62. The maximum Gasteiger partial charge on any atom is 0.332 e. The third kappa shape index (κ3) is 2.40. The Morgan fingerprint density at radius 1 is 1.57 bits per heavy atom. The van der Waals surface area contributed by atoms with E-state index >= 15 is 0 Å². The van der Waals surface area contributed by atoms with Crippen LogP contribution in [0.5, 0.6) is 0 Å². The van der Waals surface area contributed by atoms with Crippen LogP contribution >= 0.6 is 11.3 Å². The number of carbonyl (C=O) groups is 2. The zero-order valence-corrected chi connectivity index (χ0v) is 12.6. The van der Waals surface area contributed by atoms with Gasteiger partial charge in [0.05, 0.1) is 12.6 Å². The smallest absolute Gasteiger partial charge is 0.332 e. The first-order valence-corrected chi connectivity index (χ1v) is 7.88. The summed E-state index contributed by atoms with van der Waals surface area (Å²) in [7, 11) is 0. The average Bonchev–Trinajstić information content (AvgIpc) is 3.08. The third-order valence-electron chi connectivity index (χ3n) is 4.32. The number of aliphatic carboxylic acids is 1. The molecule has 0 aliphatic carbocycles. The van der Waals surface area contributed by atoms with E-state index in [1.54, 1.807) is 16.2 Å². The number of urea groups is 1. The molecule has 1 fully saturated rings. The van der Waals surface area contributed by atoms with E-state index in [1.807, 2.05) is 18.4 Å². The van der Waals surface area contributed by atoms with E-state index < -0.39 is 11.5 Å². The van der Waals surface area contributed by atoms with E-state index in [1.165, 1.54) is 4.88 Å². The minimum absolute atomic E-state index is 0.0278. The number of hydrogen-bond donors (Lipinski definition) is 2. The maximum absolute atomic E-state index is 12.5. The number of amides is 2. The normalized spacial score (nSPS) is 28.2. The molecule has 0 bridgehead atoms. The van der Waals surface area contributed by atoms with Gasteiger partial charge in [0.1, 0.15) is 0 Å². The lowest BCUT2D eigenvalue weighted by atomic mass is 9.98. The first-order valence-electron chi connectivity index (χ1n) is 7.00. The Bertz CT molecular complexity index is 565. The van der Waals surface area contributed by atoms with Gasteiger partial charge in [-0.25, -0.2) is 9.59 Å². The van der Waals surface area contributed by atoms with Crippen LogP contribution in [0.15, 0.2) is 11.4 Å².